The van der Waals surface area contributed by atoms with Gasteiger partial charge in [-0.25, -0.2) is 4.79 Å². The van der Waals surface area contributed by atoms with Crippen molar-refractivity contribution in [3.8, 4) is 0 Å². The van der Waals surface area contributed by atoms with Gasteiger partial charge in [0.2, 0.25) is 5.91 Å². The number of carboxylic acids is 1. The van der Waals surface area contributed by atoms with Crippen LogP contribution >= 0.6 is 11.6 Å². The molecule has 1 unspecified atom stereocenters. The first-order valence-electron chi connectivity index (χ1n) is 5.86. The van der Waals surface area contributed by atoms with Crippen LogP contribution in [0.4, 0.5) is 0 Å². The van der Waals surface area contributed by atoms with Crippen LogP contribution in [0.5, 0.6) is 0 Å². The lowest BCUT2D eigenvalue weighted by atomic mass is 9.99. The van der Waals surface area contributed by atoms with E-state index in [0.717, 1.165) is 5.56 Å². The maximum atomic E-state index is 11.7. The second kappa shape index (κ2) is 6.38. The number of carboxylic acid groups (broad SMARTS) is 1. The van der Waals surface area contributed by atoms with Gasteiger partial charge in [-0.1, -0.05) is 30.7 Å². The van der Waals surface area contributed by atoms with Gasteiger partial charge in [-0.3, -0.25) is 4.79 Å². The molecule has 0 aliphatic heterocycles. The Morgan fingerprint density at radius 2 is 1.95 bits per heavy atom. The van der Waals surface area contributed by atoms with Gasteiger partial charge in [-0.05, 0) is 37.1 Å². The molecule has 0 saturated heterocycles. The Bertz CT molecular complexity index is 496. The molecule has 1 aromatic carbocycles. The summed E-state index contributed by atoms with van der Waals surface area (Å²) >= 11 is 5.75. The van der Waals surface area contributed by atoms with Crippen molar-refractivity contribution in [1.82, 2.24) is 5.32 Å². The SMILES string of the molecule is CCC(C)(NC(=O)C=Cc1ccc(Cl)cc1)C(=O)O. The third kappa shape index (κ3) is 4.41. The van der Waals surface area contributed by atoms with Crippen LogP contribution in [-0.4, -0.2) is 22.5 Å². The number of rotatable bonds is 5. The van der Waals surface area contributed by atoms with E-state index in [2.05, 4.69) is 5.32 Å². The number of carbonyl (C=O) groups excluding carboxylic acids is 1. The first-order chi connectivity index (χ1) is 8.87. The minimum Gasteiger partial charge on any atom is -0.480 e. The van der Waals surface area contributed by atoms with E-state index in [-0.39, 0.29) is 0 Å². The monoisotopic (exact) mass is 281 g/mol. The number of hydrogen-bond donors (Lipinski definition) is 2. The van der Waals surface area contributed by atoms with Crippen molar-refractivity contribution in [1.29, 1.82) is 0 Å². The fourth-order valence-electron chi connectivity index (χ4n) is 1.35. The molecule has 0 bridgehead atoms. The molecular weight excluding hydrogens is 266 g/mol. The zero-order chi connectivity index (χ0) is 14.5. The van der Waals surface area contributed by atoms with Crippen LogP contribution in [0.1, 0.15) is 25.8 Å². The van der Waals surface area contributed by atoms with Gasteiger partial charge < -0.3 is 10.4 Å². The quantitative estimate of drug-likeness (QED) is 0.816. The molecule has 0 spiro atoms. The summed E-state index contributed by atoms with van der Waals surface area (Å²) in [5.41, 5.74) is -0.436. The fourth-order valence-corrected chi connectivity index (χ4v) is 1.48. The summed E-state index contributed by atoms with van der Waals surface area (Å²) in [4.78, 5) is 22.7. The molecule has 4 nitrogen and oxygen atoms in total. The highest BCUT2D eigenvalue weighted by Gasteiger charge is 2.31. The van der Waals surface area contributed by atoms with Gasteiger partial charge in [0.15, 0.2) is 0 Å². The molecule has 1 amide bonds. The van der Waals surface area contributed by atoms with Crippen LogP contribution in [-0.2, 0) is 9.59 Å². The molecule has 1 atom stereocenters. The van der Waals surface area contributed by atoms with Gasteiger partial charge in [-0.2, -0.15) is 0 Å². The highest BCUT2D eigenvalue weighted by atomic mass is 35.5. The van der Waals surface area contributed by atoms with E-state index in [1.165, 1.54) is 13.0 Å². The Kier molecular flexibility index (Phi) is 5.12. The molecule has 2 N–H and O–H groups in total. The average molecular weight is 282 g/mol. The largest absolute Gasteiger partial charge is 0.480 e. The lowest BCUT2D eigenvalue weighted by Gasteiger charge is -2.23. The summed E-state index contributed by atoms with van der Waals surface area (Å²) in [7, 11) is 0. The van der Waals surface area contributed by atoms with Gasteiger partial charge in [0.25, 0.3) is 0 Å². The van der Waals surface area contributed by atoms with E-state index in [4.69, 9.17) is 16.7 Å². The topological polar surface area (TPSA) is 66.4 Å². The Morgan fingerprint density at radius 1 is 1.37 bits per heavy atom. The summed E-state index contributed by atoms with van der Waals surface area (Å²) in [5, 5.41) is 12.1. The minimum atomic E-state index is -1.25. The van der Waals surface area contributed by atoms with Crippen molar-refractivity contribution < 1.29 is 14.7 Å². The van der Waals surface area contributed by atoms with Crippen LogP contribution in [0, 0.1) is 0 Å². The van der Waals surface area contributed by atoms with E-state index in [1.54, 1.807) is 37.3 Å². The Balaban J connectivity index is 2.70. The molecule has 5 heteroatoms. The van der Waals surface area contributed by atoms with Crippen LogP contribution in [0.3, 0.4) is 0 Å². The molecule has 0 saturated carbocycles. The van der Waals surface area contributed by atoms with Crippen LogP contribution in [0.25, 0.3) is 6.08 Å². The van der Waals surface area contributed by atoms with Gasteiger partial charge in [-0.15, -0.1) is 0 Å². The number of benzene rings is 1. The highest BCUT2D eigenvalue weighted by molar-refractivity contribution is 6.30. The van der Waals surface area contributed by atoms with Crippen molar-refractivity contribution in [3.63, 3.8) is 0 Å². The minimum absolute atomic E-state index is 0.308. The molecule has 0 aliphatic carbocycles. The molecule has 19 heavy (non-hydrogen) atoms. The van der Waals surface area contributed by atoms with E-state index in [1.807, 2.05) is 0 Å². The van der Waals surface area contributed by atoms with Crippen LogP contribution < -0.4 is 5.32 Å². The smallest absolute Gasteiger partial charge is 0.329 e. The summed E-state index contributed by atoms with van der Waals surface area (Å²) in [5.74, 6) is -1.50. The predicted octanol–water partition coefficient (Wildman–Crippen LogP) is 2.72. The van der Waals surface area contributed by atoms with Gasteiger partial charge in [0.05, 0.1) is 0 Å². The lowest BCUT2D eigenvalue weighted by molar-refractivity contribution is -0.146. The first-order valence-corrected chi connectivity index (χ1v) is 6.24. The standard InChI is InChI=1S/C14H16ClNO3/c1-3-14(2,13(18)19)16-12(17)9-6-10-4-7-11(15)8-5-10/h4-9H,3H2,1-2H3,(H,16,17)(H,18,19). The molecule has 102 valence electrons. The third-order valence-electron chi connectivity index (χ3n) is 2.88. The highest BCUT2D eigenvalue weighted by Crippen LogP contribution is 2.11. The van der Waals surface area contributed by atoms with E-state index >= 15 is 0 Å². The number of amides is 1. The second-order valence-corrected chi connectivity index (χ2v) is 4.80. The third-order valence-corrected chi connectivity index (χ3v) is 3.13. The summed E-state index contributed by atoms with van der Waals surface area (Å²) < 4.78 is 0. The number of nitrogens with one attached hydrogen (secondary N) is 1. The average Bonchev–Trinajstić information content (AvgIpc) is 2.37. The van der Waals surface area contributed by atoms with Gasteiger partial charge in [0, 0.05) is 11.1 Å². The summed E-state index contributed by atoms with van der Waals surface area (Å²) in [6.45, 7) is 3.18. The molecule has 0 aliphatic rings. The Hall–Kier alpha value is -1.81. The zero-order valence-electron chi connectivity index (χ0n) is 10.8. The van der Waals surface area contributed by atoms with E-state index in [0.29, 0.717) is 11.4 Å². The molecular formula is C14H16ClNO3. The predicted molar refractivity (Wildman–Crippen MR) is 75.0 cm³/mol. The second-order valence-electron chi connectivity index (χ2n) is 4.36. The zero-order valence-corrected chi connectivity index (χ0v) is 11.6. The number of carbonyl (C=O) groups is 2. The number of halogens is 1. The molecule has 1 aromatic rings. The molecule has 0 heterocycles. The van der Waals surface area contributed by atoms with E-state index < -0.39 is 17.4 Å². The molecule has 0 aromatic heterocycles. The fraction of sp³-hybridized carbons (Fsp3) is 0.286. The summed E-state index contributed by atoms with van der Waals surface area (Å²) in [6.07, 6.45) is 3.21. The van der Waals surface area contributed by atoms with Gasteiger partial charge >= 0.3 is 5.97 Å². The maximum absolute atomic E-state index is 11.7. The van der Waals surface area contributed by atoms with Crippen LogP contribution in [0.15, 0.2) is 30.3 Å². The molecule has 0 radical (unpaired) electrons. The maximum Gasteiger partial charge on any atom is 0.329 e. The number of hydrogen-bond acceptors (Lipinski definition) is 2. The Labute approximate surface area is 117 Å². The van der Waals surface area contributed by atoms with Crippen molar-refractivity contribution >= 4 is 29.6 Å². The summed E-state index contributed by atoms with van der Waals surface area (Å²) in [6, 6.07) is 6.96. The molecule has 1 rings (SSSR count). The first kappa shape index (κ1) is 15.2. The lowest BCUT2D eigenvalue weighted by Crippen LogP contribution is -2.51. The number of aliphatic carboxylic acids is 1. The van der Waals surface area contributed by atoms with Crippen molar-refractivity contribution in [3.05, 3.63) is 40.9 Å². The van der Waals surface area contributed by atoms with Crippen LogP contribution in [0.2, 0.25) is 5.02 Å². The molecule has 0 fully saturated rings. The van der Waals surface area contributed by atoms with Crippen molar-refractivity contribution in [2.24, 2.45) is 0 Å². The van der Waals surface area contributed by atoms with Gasteiger partial charge in [0.1, 0.15) is 5.54 Å². The normalized spacial score (nSPS) is 14.1. The Morgan fingerprint density at radius 3 is 2.42 bits per heavy atom. The van der Waals surface area contributed by atoms with E-state index in [9.17, 15) is 9.59 Å². The van der Waals surface area contributed by atoms with Crippen molar-refractivity contribution in [2.75, 3.05) is 0 Å². The van der Waals surface area contributed by atoms with Crippen molar-refractivity contribution in [2.45, 2.75) is 25.8 Å².